The van der Waals surface area contributed by atoms with Gasteiger partial charge in [-0.3, -0.25) is 0 Å². The van der Waals surface area contributed by atoms with Crippen molar-refractivity contribution in [3.63, 3.8) is 0 Å². The van der Waals surface area contributed by atoms with Crippen LogP contribution in [0.2, 0.25) is 0 Å². The van der Waals surface area contributed by atoms with Gasteiger partial charge in [-0.25, -0.2) is 4.98 Å². The lowest BCUT2D eigenvalue weighted by Gasteiger charge is -2.50. The Morgan fingerprint density at radius 3 is 3.00 bits per heavy atom. The summed E-state index contributed by atoms with van der Waals surface area (Å²) in [5.74, 6) is 2.23. The molecule has 2 aliphatic carbocycles. The molecule has 3 atom stereocenters. The Morgan fingerprint density at radius 2 is 2.19 bits per heavy atom. The maximum atomic E-state index is 6.05. The summed E-state index contributed by atoms with van der Waals surface area (Å²) in [7, 11) is 0. The smallest absolute Gasteiger partial charge is 0.198 e. The van der Waals surface area contributed by atoms with Crippen LogP contribution in [0.15, 0.2) is 16.5 Å². The highest BCUT2D eigenvalue weighted by atomic mass is 16.3. The monoisotopic (exact) mass is 282 g/mol. The van der Waals surface area contributed by atoms with E-state index in [0.717, 1.165) is 30.0 Å². The molecule has 1 aromatic carbocycles. The quantitative estimate of drug-likeness (QED) is 0.869. The molecule has 2 fully saturated rings. The second-order valence-electron chi connectivity index (χ2n) is 7.52. The maximum absolute atomic E-state index is 6.05. The Morgan fingerprint density at radius 1 is 1.33 bits per heavy atom. The maximum Gasteiger partial charge on any atom is 0.198 e. The standard InChI is InChI=1S/C18H22N2O/c1-10-14-7-12-8-15-16(21-17(20-15)11-3-4-11)9-13(12)18(10,2)5-6-19-14/h8-11,14,19H,3-7H2,1-2H3/t10-,14-,18-/m1/s1. The molecule has 1 aliphatic heterocycles. The molecule has 3 nitrogen and oxygen atoms in total. The van der Waals surface area contributed by atoms with E-state index in [1.165, 1.54) is 30.4 Å². The number of hydrogen-bond acceptors (Lipinski definition) is 3. The van der Waals surface area contributed by atoms with Crippen molar-refractivity contribution in [3.05, 3.63) is 29.2 Å². The summed E-state index contributed by atoms with van der Waals surface area (Å²) in [6.07, 6.45) is 4.83. The second-order valence-corrected chi connectivity index (χ2v) is 7.52. The van der Waals surface area contributed by atoms with Crippen molar-refractivity contribution in [2.45, 2.75) is 56.9 Å². The minimum Gasteiger partial charge on any atom is -0.440 e. The molecule has 1 N–H and O–H groups in total. The van der Waals surface area contributed by atoms with Gasteiger partial charge in [-0.15, -0.1) is 0 Å². The number of oxazole rings is 1. The van der Waals surface area contributed by atoms with Crippen molar-refractivity contribution in [2.24, 2.45) is 5.92 Å². The van der Waals surface area contributed by atoms with Crippen LogP contribution < -0.4 is 5.32 Å². The molecule has 0 amide bonds. The molecule has 110 valence electrons. The number of hydrogen-bond donors (Lipinski definition) is 1. The van der Waals surface area contributed by atoms with Gasteiger partial charge in [-0.05, 0) is 66.8 Å². The number of piperidine rings is 1. The molecule has 0 radical (unpaired) electrons. The first-order valence-corrected chi connectivity index (χ1v) is 8.32. The van der Waals surface area contributed by atoms with Gasteiger partial charge in [0.15, 0.2) is 11.5 Å². The zero-order valence-electron chi connectivity index (χ0n) is 12.8. The zero-order chi connectivity index (χ0) is 14.2. The van der Waals surface area contributed by atoms with E-state index in [4.69, 9.17) is 9.40 Å². The molecule has 2 aromatic rings. The van der Waals surface area contributed by atoms with Gasteiger partial charge in [0.1, 0.15) is 5.52 Å². The van der Waals surface area contributed by atoms with Crippen LogP contribution in [0.25, 0.3) is 11.1 Å². The van der Waals surface area contributed by atoms with Crippen LogP contribution >= 0.6 is 0 Å². The molecule has 0 spiro atoms. The first-order chi connectivity index (χ1) is 10.1. The Kier molecular flexibility index (Phi) is 2.26. The summed E-state index contributed by atoms with van der Waals surface area (Å²) >= 11 is 0. The van der Waals surface area contributed by atoms with E-state index < -0.39 is 0 Å². The number of aromatic nitrogens is 1. The molecular weight excluding hydrogens is 260 g/mol. The van der Waals surface area contributed by atoms with Gasteiger partial charge < -0.3 is 9.73 Å². The van der Waals surface area contributed by atoms with Gasteiger partial charge in [0, 0.05) is 12.0 Å². The van der Waals surface area contributed by atoms with E-state index in [0.29, 0.717) is 17.9 Å². The van der Waals surface area contributed by atoms with Crippen molar-refractivity contribution in [1.29, 1.82) is 0 Å². The number of nitrogens with one attached hydrogen (secondary N) is 1. The van der Waals surface area contributed by atoms with Crippen molar-refractivity contribution < 1.29 is 4.42 Å². The van der Waals surface area contributed by atoms with Gasteiger partial charge in [-0.1, -0.05) is 13.8 Å². The van der Waals surface area contributed by atoms with Crippen LogP contribution in [0.5, 0.6) is 0 Å². The molecule has 1 saturated carbocycles. The molecule has 5 rings (SSSR count). The first-order valence-electron chi connectivity index (χ1n) is 8.32. The highest BCUT2D eigenvalue weighted by Crippen LogP contribution is 2.47. The van der Waals surface area contributed by atoms with Crippen LogP contribution in [-0.4, -0.2) is 17.6 Å². The van der Waals surface area contributed by atoms with Crippen molar-refractivity contribution >= 4 is 11.1 Å². The predicted molar refractivity (Wildman–Crippen MR) is 82.6 cm³/mol. The average molecular weight is 282 g/mol. The number of benzene rings is 1. The summed E-state index contributed by atoms with van der Waals surface area (Å²) in [6.45, 7) is 5.97. The summed E-state index contributed by atoms with van der Waals surface area (Å²) in [6, 6.07) is 5.22. The summed E-state index contributed by atoms with van der Waals surface area (Å²) in [5, 5.41) is 3.70. The lowest BCUT2D eigenvalue weighted by Crippen LogP contribution is -2.56. The Hall–Kier alpha value is -1.35. The van der Waals surface area contributed by atoms with E-state index in [1.807, 2.05) is 0 Å². The molecule has 1 aromatic heterocycles. The van der Waals surface area contributed by atoms with Gasteiger partial charge in [0.05, 0.1) is 0 Å². The third-order valence-electron chi connectivity index (χ3n) is 6.27. The van der Waals surface area contributed by atoms with E-state index in [1.54, 1.807) is 0 Å². The molecule has 3 aliphatic rings. The number of fused-ring (bicyclic) bond motifs is 5. The van der Waals surface area contributed by atoms with Crippen LogP contribution in [0.3, 0.4) is 0 Å². The van der Waals surface area contributed by atoms with Crippen LogP contribution in [0.1, 0.15) is 56.0 Å². The minimum atomic E-state index is 0.282. The van der Waals surface area contributed by atoms with Crippen molar-refractivity contribution in [3.8, 4) is 0 Å². The van der Waals surface area contributed by atoms with Crippen LogP contribution in [0.4, 0.5) is 0 Å². The molecular formula is C18H22N2O. The van der Waals surface area contributed by atoms with E-state index in [-0.39, 0.29) is 5.41 Å². The third-order valence-corrected chi connectivity index (χ3v) is 6.27. The fourth-order valence-corrected chi connectivity index (χ4v) is 4.47. The first kappa shape index (κ1) is 12.2. The molecule has 3 heteroatoms. The topological polar surface area (TPSA) is 38.1 Å². The van der Waals surface area contributed by atoms with Crippen LogP contribution in [0, 0.1) is 5.92 Å². The van der Waals surface area contributed by atoms with Gasteiger partial charge in [-0.2, -0.15) is 0 Å². The van der Waals surface area contributed by atoms with Crippen LogP contribution in [-0.2, 0) is 11.8 Å². The van der Waals surface area contributed by atoms with E-state index >= 15 is 0 Å². The van der Waals surface area contributed by atoms with Gasteiger partial charge >= 0.3 is 0 Å². The fourth-order valence-electron chi connectivity index (χ4n) is 4.47. The van der Waals surface area contributed by atoms with Crippen molar-refractivity contribution in [2.75, 3.05) is 6.54 Å². The zero-order valence-corrected chi connectivity index (χ0v) is 12.8. The third kappa shape index (κ3) is 1.61. The van der Waals surface area contributed by atoms with E-state index in [9.17, 15) is 0 Å². The number of nitrogens with zero attached hydrogens (tertiary/aromatic N) is 1. The van der Waals surface area contributed by atoms with Gasteiger partial charge in [0.2, 0.25) is 0 Å². The Labute approximate surface area is 125 Å². The molecule has 2 heterocycles. The Balaban J connectivity index is 1.71. The molecule has 21 heavy (non-hydrogen) atoms. The highest BCUT2D eigenvalue weighted by Gasteiger charge is 2.45. The van der Waals surface area contributed by atoms with E-state index in [2.05, 4.69) is 31.3 Å². The second kappa shape index (κ2) is 3.89. The SMILES string of the molecule is C[C@@H]1[C@H]2Cc3cc4nc(C5CC5)oc4cc3[C@]1(C)CCN2. The lowest BCUT2D eigenvalue weighted by molar-refractivity contribution is 0.158. The number of rotatable bonds is 1. The highest BCUT2D eigenvalue weighted by molar-refractivity contribution is 5.76. The summed E-state index contributed by atoms with van der Waals surface area (Å²) in [5.41, 5.74) is 5.34. The average Bonchev–Trinajstić information content (AvgIpc) is 3.22. The normalized spacial score (nSPS) is 35.0. The molecule has 0 unspecified atom stereocenters. The molecule has 2 bridgehead atoms. The largest absolute Gasteiger partial charge is 0.440 e. The molecule has 1 saturated heterocycles. The predicted octanol–water partition coefficient (Wildman–Crippen LogP) is 3.52. The Bertz CT molecular complexity index is 730. The van der Waals surface area contributed by atoms with Crippen molar-refractivity contribution in [1.82, 2.24) is 10.3 Å². The summed E-state index contributed by atoms with van der Waals surface area (Å²) in [4.78, 5) is 4.73. The summed E-state index contributed by atoms with van der Waals surface area (Å²) < 4.78 is 6.05. The fraction of sp³-hybridized carbons (Fsp3) is 0.611. The van der Waals surface area contributed by atoms with Gasteiger partial charge in [0.25, 0.3) is 0 Å². The lowest BCUT2D eigenvalue weighted by atomic mass is 9.59. The minimum absolute atomic E-state index is 0.282.